The Bertz CT molecular complexity index is 6350. The van der Waals surface area contributed by atoms with Crippen LogP contribution in [0.5, 0.6) is 57.5 Å². The van der Waals surface area contributed by atoms with Gasteiger partial charge in [-0.05, 0) is 147 Å². The summed E-state index contributed by atoms with van der Waals surface area (Å²) in [5, 5.41) is 20.9. The number of hydrogen-bond acceptors (Lipinski definition) is 30. The molecule has 8 atom stereocenters. The van der Waals surface area contributed by atoms with Crippen LogP contribution in [-0.4, -0.2) is 209 Å². The van der Waals surface area contributed by atoms with E-state index in [1.165, 1.54) is 51.7 Å². The van der Waals surface area contributed by atoms with Crippen molar-refractivity contribution >= 4 is 101 Å². The Morgan fingerprint density at radius 2 is 0.648 bits per heavy atom. The van der Waals surface area contributed by atoms with Gasteiger partial charge in [-0.1, -0.05) is 51.8 Å². The second-order valence-electron chi connectivity index (χ2n) is 35.7. The minimum atomic E-state index is -0.563. The maximum Gasteiger partial charge on any atom is 0.178 e. The van der Waals surface area contributed by atoms with Crippen molar-refractivity contribution in [2.45, 2.75) is 114 Å². The lowest BCUT2D eigenvalue weighted by Crippen LogP contribution is -2.39. The van der Waals surface area contributed by atoms with Crippen LogP contribution in [0.15, 0.2) is 173 Å². The number of hydrogen-bond donors (Lipinski definition) is 4. The lowest BCUT2D eigenvalue weighted by atomic mass is 9.89. The van der Waals surface area contributed by atoms with Gasteiger partial charge in [-0.2, -0.15) is 0 Å². The molecule has 742 valence electrons. The zero-order chi connectivity index (χ0) is 99.8. The largest absolute Gasteiger partial charge is 0.496 e. The number of benzene rings is 4. The zero-order valence-corrected chi connectivity index (χ0v) is 81.2. The van der Waals surface area contributed by atoms with Crippen LogP contribution in [0.1, 0.15) is 101 Å². The number of nitrogens with one attached hydrogen (secondary N) is 4. The molecule has 19 rings (SSSR count). The van der Waals surface area contributed by atoms with Crippen LogP contribution in [0.25, 0.3) is 88.1 Å². The molecule has 4 saturated heterocycles. The predicted octanol–water partition coefficient (Wildman–Crippen LogP) is 19.7. The zero-order valence-electron chi connectivity index (χ0n) is 80.5. The van der Waals surface area contributed by atoms with Crippen LogP contribution >= 0.6 is 11.6 Å². The van der Waals surface area contributed by atoms with E-state index in [2.05, 4.69) is 87.5 Å². The van der Waals surface area contributed by atoms with Crippen molar-refractivity contribution in [1.82, 2.24) is 39.9 Å². The van der Waals surface area contributed by atoms with Crippen molar-refractivity contribution in [2.75, 3.05) is 143 Å². The van der Waals surface area contributed by atoms with E-state index in [0.717, 1.165) is 92.7 Å². The third-order valence-electron chi connectivity index (χ3n) is 26.4. The molecule has 0 radical (unpaired) electrons. The Labute approximate surface area is 825 Å². The van der Waals surface area contributed by atoms with Crippen LogP contribution < -0.4 is 68.6 Å². The number of pyridine rings is 8. The minimum Gasteiger partial charge on any atom is -0.496 e. The number of rotatable bonds is 32. The van der Waals surface area contributed by atoms with Gasteiger partial charge in [0.15, 0.2) is 80.8 Å². The first-order valence-corrected chi connectivity index (χ1v) is 47.6. The summed E-state index contributed by atoms with van der Waals surface area (Å²) < 4.78 is 124. The standard InChI is InChI=1S/C28H30FN3O4.C28H32FN3O4.C26H26ClN3O5.C26H26FN3O5/c1-4-20(33)9-17-7-8-36-15-22(17)32-25-11-19-13-30-21(10-18(19)14-31-25)27-26(16-5-6-16)23(34-2)12-24(35-3)28(27)29;1-6-20(33)9-17-7-8-36-15-22(17)32-25-11-19-13-30-21(10-18(19)14-31-25)27-26(16(2)3)23(34-4)12-24(35-5)28(27)29;2*1-3-18(31)8-15-4-5-33-14-20(15)30-23-10-17-12-28-19(9-16(17)13-29-23)24-25(27)21(32-2)11-22-26(24)35-7-6-34-22/h4,10-14,16-17,22H,1,5-9,15H2,2-3H3,(H,31,32);6,10-14,16-17,22H,1,7-9,15H2,2-5H3,(H,31,32);2*3,9-13,15,20H,1,4-8,14H2,2H3,(H,29,30)/t2*17-,22-;2*15-,20-/m1111/s1. The van der Waals surface area contributed by atoms with Gasteiger partial charge in [-0.15, -0.1) is 0 Å². The van der Waals surface area contributed by atoms with Crippen LogP contribution in [0, 0.1) is 41.1 Å². The number of carbonyl (C=O) groups is 4. The average molecular weight is 1960 g/mol. The number of ether oxygens (including phenoxy) is 14. The number of aromatic nitrogens is 8. The van der Waals surface area contributed by atoms with Crippen LogP contribution in [-0.2, 0) is 38.1 Å². The fraction of sp³-hybridized carbons (Fsp3) is 0.370. The summed E-state index contributed by atoms with van der Waals surface area (Å²) in [5.74, 6) is 5.99. The molecule has 142 heavy (non-hydrogen) atoms. The molecule has 30 nitrogen and oxygen atoms in total. The first-order valence-electron chi connectivity index (χ1n) is 47.3. The number of ketones is 4. The molecule has 5 fully saturated rings. The molecule has 14 heterocycles. The molecule has 0 unspecified atom stereocenters. The number of allylic oxidation sites excluding steroid dienone is 4. The van der Waals surface area contributed by atoms with Crippen molar-refractivity contribution in [3.05, 3.63) is 207 Å². The van der Waals surface area contributed by atoms with Gasteiger partial charge in [0.05, 0.1) is 132 Å². The lowest BCUT2D eigenvalue weighted by molar-refractivity contribution is -0.117. The molecule has 0 spiro atoms. The topological polar surface area (TPSA) is 349 Å². The fourth-order valence-corrected chi connectivity index (χ4v) is 19.0. The third kappa shape index (κ3) is 23.2. The molecule has 1 aliphatic carbocycles. The van der Waals surface area contributed by atoms with E-state index >= 15 is 13.2 Å². The number of fused-ring (bicyclic) bond motifs is 6. The van der Waals surface area contributed by atoms with Gasteiger partial charge in [0.2, 0.25) is 0 Å². The van der Waals surface area contributed by atoms with E-state index in [1.54, 1.807) is 95.2 Å². The summed E-state index contributed by atoms with van der Waals surface area (Å²) in [6.07, 6.45) is 26.3. The molecule has 0 bridgehead atoms. The Morgan fingerprint density at radius 1 is 0.359 bits per heavy atom. The predicted molar refractivity (Wildman–Crippen MR) is 537 cm³/mol. The Morgan fingerprint density at radius 3 is 0.993 bits per heavy atom. The molecule has 7 aliphatic rings. The van der Waals surface area contributed by atoms with E-state index < -0.39 is 17.5 Å². The van der Waals surface area contributed by atoms with E-state index in [9.17, 15) is 19.2 Å². The van der Waals surface area contributed by atoms with Crippen LogP contribution in [0.3, 0.4) is 0 Å². The van der Waals surface area contributed by atoms with E-state index in [0.29, 0.717) is 213 Å². The average Bonchev–Trinajstić information content (AvgIpc) is 1.72. The van der Waals surface area contributed by atoms with E-state index in [-0.39, 0.29) is 106 Å². The van der Waals surface area contributed by atoms with Crippen molar-refractivity contribution in [3.63, 3.8) is 0 Å². The first-order chi connectivity index (χ1) is 69.0. The summed E-state index contributed by atoms with van der Waals surface area (Å²) in [6.45, 7) is 24.4. The smallest absolute Gasteiger partial charge is 0.178 e. The number of anilines is 4. The van der Waals surface area contributed by atoms with Gasteiger partial charge in [0, 0.05) is 191 Å². The third-order valence-corrected chi connectivity index (χ3v) is 26.7. The van der Waals surface area contributed by atoms with E-state index in [1.807, 2.05) is 56.3 Å². The highest BCUT2D eigenvalue weighted by atomic mass is 35.5. The second kappa shape index (κ2) is 46.5. The van der Waals surface area contributed by atoms with Crippen molar-refractivity contribution in [1.29, 1.82) is 0 Å². The maximum atomic E-state index is 15.5. The Hall–Kier alpha value is -14.1. The molecule has 4 aromatic carbocycles. The Kier molecular flexibility index (Phi) is 33.0. The summed E-state index contributed by atoms with van der Waals surface area (Å²) >= 11 is 6.66. The minimum absolute atomic E-state index is 0.00353. The highest BCUT2D eigenvalue weighted by molar-refractivity contribution is 6.35. The van der Waals surface area contributed by atoms with Crippen LogP contribution in [0.4, 0.5) is 36.4 Å². The van der Waals surface area contributed by atoms with Gasteiger partial charge in [0.1, 0.15) is 66.9 Å². The summed E-state index contributed by atoms with van der Waals surface area (Å²) in [6, 6.07) is 21.3. The molecule has 8 aromatic heterocycles. The van der Waals surface area contributed by atoms with Crippen molar-refractivity contribution in [2.24, 2.45) is 23.7 Å². The normalized spacial score (nSPS) is 19.0. The SMILES string of the molecule is C=CC(=O)C[C@H]1CCOC[C@H]1Nc1cc2cnc(-c3c(Cl)c(OC)cc4c3OCCO4)cc2cn1.C=CC(=O)C[C@H]1CCOC[C@H]1Nc1cc2cnc(-c3c(F)c(OC)cc(OC)c3C(C)C)cc2cn1.C=CC(=O)C[C@H]1CCOC[C@H]1Nc1cc2cnc(-c3c(F)c(OC)cc(OC)c3C3CC3)cc2cn1.C=CC(=O)C[C@H]1CCOC[C@H]1Nc1cc2cnc(-c3c(F)c(OC)cc4c3OCCO4)cc2cn1. The molecular formula is C108H114ClF3N12O18. The highest BCUT2D eigenvalue weighted by Gasteiger charge is 2.38. The molecule has 4 N–H and O–H groups in total. The molecule has 12 aromatic rings. The quantitative estimate of drug-likeness (QED) is 0.0285. The summed E-state index contributed by atoms with van der Waals surface area (Å²) in [4.78, 5) is 84.3. The summed E-state index contributed by atoms with van der Waals surface area (Å²) in [5.41, 5.74) is 5.19. The highest BCUT2D eigenvalue weighted by Crippen LogP contribution is 2.54. The lowest BCUT2D eigenvalue weighted by Gasteiger charge is -2.32. The number of methoxy groups -OCH3 is 6. The number of carbonyl (C=O) groups excluding carboxylic acids is 4. The Balaban J connectivity index is 0.000000136. The van der Waals surface area contributed by atoms with Gasteiger partial charge in [0.25, 0.3) is 0 Å². The molecule has 1 saturated carbocycles. The molecular weight excluding hydrogens is 1850 g/mol. The first kappa shape index (κ1) is 101. The summed E-state index contributed by atoms with van der Waals surface area (Å²) in [7, 11) is 8.98. The monoisotopic (exact) mass is 1960 g/mol. The molecule has 6 aliphatic heterocycles. The van der Waals surface area contributed by atoms with Gasteiger partial charge in [-0.3, -0.25) is 39.1 Å². The second-order valence-corrected chi connectivity index (χ2v) is 36.1. The van der Waals surface area contributed by atoms with Crippen LogP contribution in [0.2, 0.25) is 5.02 Å². The van der Waals surface area contributed by atoms with Gasteiger partial charge < -0.3 is 87.6 Å². The fourth-order valence-electron chi connectivity index (χ4n) is 18.7. The van der Waals surface area contributed by atoms with E-state index in [4.69, 9.17) is 77.9 Å². The molecule has 34 heteroatoms. The van der Waals surface area contributed by atoms with Gasteiger partial charge in [-0.25, -0.2) is 33.1 Å². The number of nitrogens with zero attached hydrogens (tertiary/aromatic N) is 8. The number of halogens is 4. The van der Waals surface area contributed by atoms with Crippen molar-refractivity contribution < 1.29 is 98.7 Å². The van der Waals surface area contributed by atoms with Crippen molar-refractivity contribution in [3.8, 4) is 103 Å². The van der Waals surface area contributed by atoms with Gasteiger partial charge >= 0.3 is 0 Å². The molecule has 0 amide bonds. The maximum absolute atomic E-state index is 15.5.